The van der Waals surface area contributed by atoms with Gasteiger partial charge in [0.25, 0.3) is 0 Å². The largest absolute Gasteiger partial charge is 0.478 e. The summed E-state index contributed by atoms with van der Waals surface area (Å²) in [6, 6.07) is 13.6. The van der Waals surface area contributed by atoms with Gasteiger partial charge < -0.3 is 5.11 Å². The van der Waals surface area contributed by atoms with Gasteiger partial charge in [-0.25, -0.2) is 4.79 Å². The van der Waals surface area contributed by atoms with Crippen molar-refractivity contribution in [2.45, 2.75) is 16.2 Å². The number of hydrogen-bond acceptors (Lipinski definition) is 2. The predicted molar refractivity (Wildman–Crippen MR) is 66.8 cm³/mol. The lowest BCUT2D eigenvalue weighted by Crippen LogP contribution is -2.07. The normalized spacial score (nSPS) is 12.7. The molecule has 2 aromatic carbocycles. The molecule has 17 heavy (non-hydrogen) atoms. The molecule has 0 saturated carbocycles. The van der Waals surface area contributed by atoms with Crippen molar-refractivity contribution in [3.05, 3.63) is 59.2 Å². The summed E-state index contributed by atoms with van der Waals surface area (Å²) in [5, 5.41) is 9.18. The molecule has 1 aliphatic rings. The number of rotatable bonds is 1. The SMILES string of the molecule is O=C(O)c1cccc2c1Cc1ccccc1S2. The Morgan fingerprint density at radius 2 is 1.82 bits per heavy atom. The lowest BCUT2D eigenvalue weighted by atomic mass is 9.99. The van der Waals surface area contributed by atoms with Crippen LogP contribution in [-0.4, -0.2) is 11.1 Å². The van der Waals surface area contributed by atoms with E-state index in [0.717, 1.165) is 10.5 Å². The highest BCUT2D eigenvalue weighted by molar-refractivity contribution is 7.99. The molecule has 84 valence electrons. The predicted octanol–water partition coefficient (Wildman–Crippen LogP) is 3.44. The fraction of sp³-hybridized carbons (Fsp3) is 0.0714. The maximum absolute atomic E-state index is 11.2. The summed E-state index contributed by atoms with van der Waals surface area (Å²) >= 11 is 1.65. The lowest BCUT2D eigenvalue weighted by Gasteiger charge is -2.20. The third kappa shape index (κ3) is 1.72. The van der Waals surface area contributed by atoms with Gasteiger partial charge in [-0.15, -0.1) is 0 Å². The fourth-order valence-electron chi connectivity index (χ4n) is 2.10. The molecule has 0 saturated heterocycles. The zero-order valence-electron chi connectivity index (χ0n) is 9.01. The molecule has 3 heteroatoms. The zero-order valence-corrected chi connectivity index (χ0v) is 9.83. The van der Waals surface area contributed by atoms with Gasteiger partial charge >= 0.3 is 5.97 Å². The molecule has 0 bridgehead atoms. The van der Waals surface area contributed by atoms with Gasteiger partial charge in [-0.1, -0.05) is 36.0 Å². The van der Waals surface area contributed by atoms with Gasteiger partial charge in [0.15, 0.2) is 0 Å². The Labute approximate surface area is 103 Å². The van der Waals surface area contributed by atoms with Crippen LogP contribution < -0.4 is 0 Å². The molecule has 1 heterocycles. The Kier molecular flexibility index (Phi) is 2.41. The van der Waals surface area contributed by atoms with Crippen LogP contribution in [0, 0.1) is 0 Å². The van der Waals surface area contributed by atoms with Crippen molar-refractivity contribution in [1.82, 2.24) is 0 Å². The van der Waals surface area contributed by atoms with E-state index < -0.39 is 5.97 Å². The maximum atomic E-state index is 11.2. The van der Waals surface area contributed by atoms with Crippen molar-refractivity contribution < 1.29 is 9.90 Å². The summed E-state index contributed by atoms with van der Waals surface area (Å²) in [5.74, 6) is -0.846. The molecule has 0 aromatic heterocycles. The summed E-state index contributed by atoms with van der Waals surface area (Å²) in [4.78, 5) is 13.5. The van der Waals surface area contributed by atoms with Crippen molar-refractivity contribution in [1.29, 1.82) is 0 Å². The summed E-state index contributed by atoms with van der Waals surface area (Å²) in [6.07, 6.45) is 0.709. The van der Waals surface area contributed by atoms with Crippen LogP contribution in [0.5, 0.6) is 0 Å². The van der Waals surface area contributed by atoms with Crippen molar-refractivity contribution in [2.24, 2.45) is 0 Å². The van der Waals surface area contributed by atoms with Gasteiger partial charge in [0, 0.05) is 16.2 Å². The van der Waals surface area contributed by atoms with E-state index in [4.69, 9.17) is 0 Å². The minimum absolute atomic E-state index is 0.421. The average Bonchev–Trinajstić information content (AvgIpc) is 2.35. The highest BCUT2D eigenvalue weighted by Gasteiger charge is 2.20. The second-order valence-corrected chi connectivity index (χ2v) is 5.06. The van der Waals surface area contributed by atoms with Gasteiger partial charge in [-0.05, 0) is 29.3 Å². The highest BCUT2D eigenvalue weighted by Crippen LogP contribution is 2.40. The number of carboxylic acids is 1. The minimum Gasteiger partial charge on any atom is -0.478 e. The summed E-state index contributed by atoms with van der Waals surface area (Å²) < 4.78 is 0. The first-order chi connectivity index (χ1) is 8.25. The zero-order chi connectivity index (χ0) is 11.8. The Balaban J connectivity index is 2.15. The molecule has 0 aliphatic carbocycles. The molecule has 2 aromatic rings. The molecule has 0 radical (unpaired) electrons. The van der Waals surface area contributed by atoms with Crippen molar-refractivity contribution in [3.8, 4) is 0 Å². The lowest BCUT2D eigenvalue weighted by molar-refractivity contribution is 0.0695. The molecule has 3 rings (SSSR count). The van der Waals surface area contributed by atoms with Crippen LogP contribution in [0.15, 0.2) is 52.3 Å². The number of carbonyl (C=O) groups is 1. The van der Waals surface area contributed by atoms with E-state index >= 15 is 0 Å². The smallest absolute Gasteiger partial charge is 0.336 e. The van der Waals surface area contributed by atoms with Crippen molar-refractivity contribution >= 4 is 17.7 Å². The van der Waals surface area contributed by atoms with Crippen LogP contribution in [-0.2, 0) is 6.42 Å². The van der Waals surface area contributed by atoms with E-state index in [-0.39, 0.29) is 0 Å². The molecule has 2 nitrogen and oxygen atoms in total. The molecule has 1 aliphatic heterocycles. The Morgan fingerprint density at radius 3 is 2.65 bits per heavy atom. The van der Waals surface area contributed by atoms with E-state index in [1.807, 2.05) is 24.3 Å². The van der Waals surface area contributed by atoms with Gasteiger partial charge in [0.05, 0.1) is 5.56 Å². The molecule has 0 unspecified atom stereocenters. The monoisotopic (exact) mass is 242 g/mol. The minimum atomic E-state index is -0.846. The first-order valence-electron chi connectivity index (χ1n) is 5.36. The Morgan fingerprint density at radius 1 is 1.06 bits per heavy atom. The molecule has 0 fully saturated rings. The standard InChI is InChI=1S/C14H10O2S/c15-14(16)10-5-3-7-13-11(10)8-9-4-1-2-6-12(9)17-13/h1-7H,8H2,(H,15,16). The Hall–Kier alpha value is -1.74. The van der Waals surface area contributed by atoms with E-state index in [2.05, 4.69) is 12.1 Å². The number of hydrogen-bond donors (Lipinski definition) is 1. The van der Waals surface area contributed by atoms with Crippen molar-refractivity contribution in [3.63, 3.8) is 0 Å². The van der Waals surface area contributed by atoms with Gasteiger partial charge in [0.1, 0.15) is 0 Å². The van der Waals surface area contributed by atoms with Crippen LogP contribution in [0.2, 0.25) is 0 Å². The van der Waals surface area contributed by atoms with Crippen LogP contribution in [0.25, 0.3) is 0 Å². The second kappa shape index (κ2) is 3.93. The average molecular weight is 242 g/mol. The first kappa shape index (κ1) is 10.4. The van der Waals surface area contributed by atoms with E-state index in [1.165, 1.54) is 10.5 Å². The maximum Gasteiger partial charge on any atom is 0.336 e. The quantitative estimate of drug-likeness (QED) is 0.710. The van der Waals surface area contributed by atoms with Crippen LogP contribution >= 0.6 is 11.8 Å². The van der Waals surface area contributed by atoms with Crippen LogP contribution in [0.3, 0.4) is 0 Å². The van der Waals surface area contributed by atoms with Gasteiger partial charge in [-0.3, -0.25) is 0 Å². The molecular weight excluding hydrogens is 232 g/mol. The Bertz CT molecular complexity index is 605. The summed E-state index contributed by atoms with van der Waals surface area (Å²) in [5.41, 5.74) is 2.56. The van der Waals surface area contributed by atoms with E-state index in [9.17, 15) is 9.90 Å². The third-order valence-electron chi connectivity index (χ3n) is 2.92. The van der Waals surface area contributed by atoms with E-state index in [0.29, 0.717) is 12.0 Å². The van der Waals surface area contributed by atoms with Crippen LogP contribution in [0.1, 0.15) is 21.5 Å². The number of benzene rings is 2. The first-order valence-corrected chi connectivity index (χ1v) is 6.18. The van der Waals surface area contributed by atoms with Crippen LogP contribution in [0.4, 0.5) is 0 Å². The third-order valence-corrected chi connectivity index (χ3v) is 4.14. The van der Waals surface area contributed by atoms with Gasteiger partial charge in [0.2, 0.25) is 0 Å². The molecule has 0 atom stereocenters. The molecule has 1 N–H and O–H groups in total. The summed E-state index contributed by atoms with van der Waals surface area (Å²) in [7, 11) is 0. The molecule has 0 amide bonds. The topological polar surface area (TPSA) is 37.3 Å². The van der Waals surface area contributed by atoms with Crippen molar-refractivity contribution in [2.75, 3.05) is 0 Å². The second-order valence-electron chi connectivity index (χ2n) is 3.97. The van der Waals surface area contributed by atoms with E-state index in [1.54, 1.807) is 17.8 Å². The summed E-state index contributed by atoms with van der Waals surface area (Å²) in [6.45, 7) is 0. The highest BCUT2D eigenvalue weighted by atomic mass is 32.2. The molecular formula is C14H10O2S. The fourth-order valence-corrected chi connectivity index (χ4v) is 3.21. The number of aromatic carboxylic acids is 1. The molecule has 0 spiro atoms. The van der Waals surface area contributed by atoms with Gasteiger partial charge in [-0.2, -0.15) is 0 Å². The number of fused-ring (bicyclic) bond motifs is 2. The number of carboxylic acid groups (broad SMARTS) is 1.